The van der Waals surface area contributed by atoms with Crippen molar-refractivity contribution in [3.63, 3.8) is 0 Å². The van der Waals surface area contributed by atoms with Gasteiger partial charge < -0.3 is 25.0 Å². The molecule has 0 aliphatic heterocycles. The van der Waals surface area contributed by atoms with Gasteiger partial charge in [-0.2, -0.15) is 0 Å². The van der Waals surface area contributed by atoms with Crippen molar-refractivity contribution in [3.05, 3.63) is 35.4 Å². The molecule has 9 heteroatoms. The smallest absolute Gasteiger partial charge is 0.408 e. The first-order chi connectivity index (χ1) is 15.4. The average molecular weight is 464 g/mol. The summed E-state index contributed by atoms with van der Waals surface area (Å²) in [6.45, 7) is 10.6. The van der Waals surface area contributed by atoms with Crippen LogP contribution in [0.3, 0.4) is 0 Å². The lowest BCUT2D eigenvalue weighted by Crippen LogP contribution is -2.52. The molecule has 33 heavy (non-hydrogen) atoms. The van der Waals surface area contributed by atoms with Crippen LogP contribution in [0.1, 0.15) is 64.6 Å². The molecule has 0 saturated heterocycles. The molecule has 2 atom stereocenters. The van der Waals surface area contributed by atoms with Crippen molar-refractivity contribution in [1.82, 2.24) is 15.5 Å². The number of aryl methyl sites for hydroxylation is 1. The van der Waals surface area contributed by atoms with Crippen LogP contribution in [-0.4, -0.2) is 60.6 Å². The molecule has 9 nitrogen and oxygen atoms in total. The molecule has 1 aromatic carbocycles. The van der Waals surface area contributed by atoms with E-state index in [2.05, 4.69) is 15.4 Å². The number of rotatable bonds is 10. The molecule has 0 bridgehead atoms. The maximum absolute atomic E-state index is 13.4. The minimum Gasteiger partial charge on any atom is -0.468 e. The third kappa shape index (κ3) is 9.51. The van der Waals surface area contributed by atoms with E-state index >= 15 is 0 Å². The van der Waals surface area contributed by atoms with Gasteiger partial charge in [-0.25, -0.2) is 4.79 Å². The Labute approximate surface area is 196 Å². The monoisotopic (exact) mass is 463 g/mol. The summed E-state index contributed by atoms with van der Waals surface area (Å²) in [6, 6.07) is 5.32. The van der Waals surface area contributed by atoms with Gasteiger partial charge in [0.05, 0.1) is 7.11 Å². The number of hydrogen-bond donors (Lipinski definition) is 2. The number of ether oxygens (including phenoxy) is 2. The Bertz CT molecular complexity index is 816. The molecule has 0 aliphatic rings. The summed E-state index contributed by atoms with van der Waals surface area (Å²) in [6.07, 6.45) is 0.723. The summed E-state index contributed by atoms with van der Waals surface area (Å²) < 4.78 is 9.85. The predicted molar refractivity (Wildman–Crippen MR) is 124 cm³/mol. The Kier molecular flexibility index (Phi) is 10.8. The van der Waals surface area contributed by atoms with E-state index in [-0.39, 0.29) is 6.54 Å². The molecule has 0 spiro atoms. The van der Waals surface area contributed by atoms with Crippen LogP contribution in [0.2, 0.25) is 0 Å². The number of alkyl carbamates (subject to hydrolysis) is 1. The zero-order valence-electron chi connectivity index (χ0n) is 20.7. The third-order valence-corrected chi connectivity index (χ3v) is 4.73. The first kappa shape index (κ1) is 27.9. The summed E-state index contributed by atoms with van der Waals surface area (Å²) in [5, 5.41) is 5.10. The Morgan fingerprint density at radius 3 is 2.21 bits per heavy atom. The zero-order chi connectivity index (χ0) is 25.2. The number of nitrogens with zero attached hydrogens (tertiary/aromatic N) is 1. The van der Waals surface area contributed by atoms with Gasteiger partial charge >= 0.3 is 12.1 Å². The van der Waals surface area contributed by atoms with Crippen LogP contribution in [0, 0.1) is 6.92 Å². The van der Waals surface area contributed by atoms with E-state index in [9.17, 15) is 19.2 Å². The van der Waals surface area contributed by atoms with Gasteiger partial charge in [0.25, 0.3) is 0 Å². The van der Waals surface area contributed by atoms with Gasteiger partial charge in [0, 0.05) is 6.54 Å². The Balaban J connectivity index is 3.24. The topological polar surface area (TPSA) is 114 Å². The van der Waals surface area contributed by atoms with Gasteiger partial charge in [-0.05, 0) is 46.6 Å². The van der Waals surface area contributed by atoms with Crippen molar-refractivity contribution in [3.8, 4) is 0 Å². The molecule has 1 aromatic rings. The van der Waals surface area contributed by atoms with E-state index in [0.717, 1.165) is 12.0 Å². The van der Waals surface area contributed by atoms with Crippen molar-refractivity contribution in [2.45, 2.75) is 72.1 Å². The predicted octanol–water partition coefficient (Wildman–Crippen LogP) is 2.87. The van der Waals surface area contributed by atoms with Crippen molar-refractivity contribution < 1.29 is 28.7 Å². The third-order valence-electron chi connectivity index (χ3n) is 4.73. The van der Waals surface area contributed by atoms with E-state index in [0.29, 0.717) is 18.5 Å². The second-order valence-corrected chi connectivity index (χ2v) is 8.86. The largest absolute Gasteiger partial charge is 0.468 e. The number of unbranched alkanes of at least 4 members (excludes halogenated alkanes) is 1. The van der Waals surface area contributed by atoms with Crippen LogP contribution in [0.5, 0.6) is 0 Å². The van der Waals surface area contributed by atoms with Crippen molar-refractivity contribution in [2.24, 2.45) is 0 Å². The SMILES string of the molecule is CCCCN(C(=O)C(C)NC(=O)OC(C)(C)C)C(C(=O)NCC(=O)OC)c1ccc(C)cc1. The minimum atomic E-state index is -0.989. The lowest BCUT2D eigenvalue weighted by Gasteiger charge is -2.33. The van der Waals surface area contributed by atoms with E-state index < -0.39 is 41.6 Å². The highest BCUT2D eigenvalue weighted by molar-refractivity contribution is 5.93. The number of methoxy groups -OCH3 is 1. The van der Waals surface area contributed by atoms with Gasteiger partial charge in [0.2, 0.25) is 11.8 Å². The quantitative estimate of drug-likeness (QED) is 0.516. The first-order valence-corrected chi connectivity index (χ1v) is 11.1. The Morgan fingerprint density at radius 1 is 1.09 bits per heavy atom. The number of amides is 3. The van der Waals surface area contributed by atoms with Crippen LogP contribution in [0.25, 0.3) is 0 Å². The highest BCUT2D eigenvalue weighted by atomic mass is 16.6. The fourth-order valence-electron chi connectivity index (χ4n) is 3.04. The Hall–Kier alpha value is -3.10. The summed E-state index contributed by atoms with van der Waals surface area (Å²) in [4.78, 5) is 51.8. The second kappa shape index (κ2) is 12.8. The molecular formula is C24H37N3O6. The molecular weight excluding hydrogens is 426 g/mol. The summed E-state index contributed by atoms with van der Waals surface area (Å²) in [7, 11) is 1.23. The van der Waals surface area contributed by atoms with E-state index in [4.69, 9.17) is 4.74 Å². The molecule has 1 rings (SSSR count). The zero-order valence-corrected chi connectivity index (χ0v) is 20.7. The van der Waals surface area contributed by atoms with E-state index in [1.807, 2.05) is 26.0 Å². The summed E-state index contributed by atoms with van der Waals surface area (Å²) in [5.41, 5.74) is 0.878. The maximum atomic E-state index is 13.4. The van der Waals surface area contributed by atoms with Gasteiger partial charge in [-0.3, -0.25) is 14.4 Å². The number of nitrogens with one attached hydrogen (secondary N) is 2. The lowest BCUT2D eigenvalue weighted by atomic mass is 10.0. The number of hydrogen-bond acceptors (Lipinski definition) is 6. The summed E-state index contributed by atoms with van der Waals surface area (Å²) >= 11 is 0. The number of esters is 1. The first-order valence-electron chi connectivity index (χ1n) is 11.1. The molecule has 0 aromatic heterocycles. The standard InChI is InChI=1S/C24H37N3O6/c1-8-9-14-27(22(30)17(3)26-23(31)33-24(4,5)6)20(18-12-10-16(2)11-13-18)21(29)25-15-19(28)32-7/h10-13,17,20H,8-9,14-15H2,1-7H3,(H,25,29)(H,26,31). The number of carbonyl (C=O) groups excluding carboxylic acids is 4. The van der Waals surface area contributed by atoms with Crippen molar-refractivity contribution in [2.75, 3.05) is 20.2 Å². The number of carbonyl (C=O) groups is 4. The van der Waals surface area contributed by atoms with E-state index in [1.165, 1.54) is 12.0 Å². The molecule has 0 fully saturated rings. The average Bonchev–Trinajstić information content (AvgIpc) is 2.73. The summed E-state index contributed by atoms with van der Waals surface area (Å²) in [5.74, 6) is -1.55. The fraction of sp³-hybridized carbons (Fsp3) is 0.583. The van der Waals surface area contributed by atoms with Gasteiger partial charge in [0.15, 0.2) is 0 Å². The molecule has 0 heterocycles. The number of benzene rings is 1. The second-order valence-electron chi connectivity index (χ2n) is 8.86. The highest BCUT2D eigenvalue weighted by Crippen LogP contribution is 2.24. The fourth-order valence-corrected chi connectivity index (χ4v) is 3.04. The normalized spacial score (nSPS) is 12.8. The van der Waals surface area contributed by atoms with Crippen LogP contribution < -0.4 is 10.6 Å². The molecule has 0 aliphatic carbocycles. The van der Waals surface area contributed by atoms with Crippen LogP contribution in [0.4, 0.5) is 4.79 Å². The van der Waals surface area contributed by atoms with Gasteiger partial charge in [0.1, 0.15) is 24.2 Å². The molecule has 0 radical (unpaired) electrons. The minimum absolute atomic E-state index is 0.292. The van der Waals surface area contributed by atoms with Crippen LogP contribution in [0.15, 0.2) is 24.3 Å². The van der Waals surface area contributed by atoms with Crippen LogP contribution >= 0.6 is 0 Å². The van der Waals surface area contributed by atoms with Gasteiger partial charge in [-0.15, -0.1) is 0 Å². The van der Waals surface area contributed by atoms with Crippen LogP contribution in [-0.2, 0) is 23.9 Å². The molecule has 0 saturated carbocycles. The molecule has 2 N–H and O–H groups in total. The van der Waals surface area contributed by atoms with Crippen molar-refractivity contribution in [1.29, 1.82) is 0 Å². The maximum Gasteiger partial charge on any atom is 0.408 e. The lowest BCUT2D eigenvalue weighted by molar-refractivity contribution is -0.144. The molecule has 2 unspecified atom stereocenters. The Morgan fingerprint density at radius 2 is 1.70 bits per heavy atom. The van der Waals surface area contributed by atoms with Gasteiger partial charge in [-0.1, -0.05) is 43.2 Å². The van der Waals surface area contributed by atoms with Crippen molar-refractivity contribution >= 4 is 23.9 Å². The highest BCUT2D eigenvalue weighted by Gasteiger charge is 2.34. The molecule has 3 amide bonds. The van der Waals surface area contributed by atoms with E-state index in [1.54, 1.807) is 39.8 Å². The molecule has 184 valence electrons.